The number of hydrogen-bond acceptors (Lipinski definition) is 4. The van der Waals surface area contributed by atoms with Crippen LogP contribution in [-0.2, 0) is 10.0 Å². The van der Waals surface area contributed by atoms with Crippen LogP contribution in [0.5, 0.6) is 0 Å². The van der Waals surface area contributed by atoms with E-state index in [1.807, 2.05) is 0 Å². The number of halogens is 2. The van der Waals surface area contributed by atoms with Crippen LogP contribution in [0, 0.1) is 0 Å². The Kier molecular flexibility index (Phi) is 3.17. The minimum atomic E-state index is -3.76. The van der Waals surface area contributed by atoms with Gasteiger partial charge in [-0.15, -0.1) is 11.3 Å². The second-order valence-corrected chi connectivity index (χ2v) is 7.86. The van der Waals surface area contributed by atoms with Gasteiger partial charge in [-0.1, -0.05) is 11.6 Å². The van der Waals surface area contributed by atoms with Crippen LogP contribution in [0.3, 0.4) is 0 Å². The Morgan fingerprint density at radius 3 is 2.69 bits per heavy atom. The molecular weight excluding hydrogens is 340 g/mol. The lowest BCUT2D eigenvalue weighted by Gasteiger charge is -2.12. The highest BCUT2D eigenvalue weighted by atomic mass is 79.9. The van der Waals surface area contributed by atoms with Crippen molar-refractivity contribution in [2.45, 2.75) is 4.21 Å². The number of nitrogens with zero attached hydrogens (tertiary/aromatic N) is 1. The average molecular weight is 346 g/mol. The zero-order valence-corrected chi connectivity index (χ0v) is 11.7. The Morgan fingerprint density at radius 2 is 2.25 bits per heavy atom. The first-order chi connectivity index (χ1) is 7.43. The molecule has 1 N–H and O–H groups in total. The minimum Gasteiger partial charge on any atom is -0.335 e. The summed E-state index contributed by atoms with van der Waals surface area (Å²) in [6.07, 6.45) is 0. The number of thiophene rings is 1. The van der Waals surface area contributed by atoms with Crippen molar-refractivity contribution in [3.05, 3.63) is 14.9 Å². The van der Waals surface area contributed by atoms with Gasteiger partial charge in [0.25, 0.3) is 10.0 Å². The van der Waals surface area contributed by atoms with E-state index in [1.165, 1.54) is 6.07 Å². The third-order valence-electron chi connectivity index (χ3n) is 1.98. The number of urea groups is 1. The van der Waals surface area contributed by atoms with Gasteiger partial charge in [-0.2, -0.15) is 0 Å². The number of rotatable bonds is 2. The Hall–Kier alpha value is -0.310. The first-order valence-corrected chi connectivity index (χ1v) is 7.61. The number of carbonyl (C=O) groups is 1. The zero-order chi connectivity index (χ0) is 11.9. The largest absolute Gasteiger partial charge is 0.335 e. The molecule has 0 saturated carbocycles. The quantitative estimate of drug-likeness (QED) is 0.890. The van der Waals surface area contributed by atoms with E-state index in [1.54, 1.807) is 0 Å². The summed E-state index contributed by atoms with van der Waals surface area (Å²) in [5.74, 6) is 0. The SMILES string of the molecule is O=C1NCCN1S(=O)(=O)c1cc(Cl)c(Br)s1. The monoisotopic (exact) mass is 344 g/mol. The van der Waals surface area contributed by atoms with Gasteiger partial charge >= 0.3 is 6.03 Å². The van der Waals surface area contributed by atoms with Crippen LogP contribution in [0.1, 0.15) is 0 Å². The molecule has 1 aromatic rings. The van der Waals surface area contributed by atoms with Crippen molar-refractivity contribution in [1.29, 1.82) is 0 Å². The first kappa shape index (κ1) is 12.2. The summed E-state index contributed by atoms with van der Waals surface area (Å²) in [7, 11) is -3.76. The van der Waals surface area contributed by atoms with Gasteiger partial charge in [0.05, 0.1) is 15.4 Å². The number of nitrogens with one attached hydrogen (secondary N) is 1. The van der Waals surface area contributed by atoms with Gasteiger partial charge in [-0.25, -0.2) is 17.5 Å². The minimum absolute atomic E-state index is 0.0569. The van der Waals surface area contributed by atoms with Gasteiger partial charge < -0.3 is 5.32 Å². The molecule has 0 unspecified atom stereocenters. The van der Waals surface area contributed by atoms with Crippen LogP contribution >= 0.6 is 38.9 Å². The van der Waals surface area contributed by atoms with E-state index >= 15 is 0 Å². The van der Waals surface area contributed by atoms with E-state index in [9.17, 15) is 13.2 Å². The van der Waals surface area contributed by atoms with Gasteiger partial charge in [-0.3, -0.25) is 0 Å². The molecule has 2 amide bonds. The van der Waals surface area contributed by atoms with E-state index in [4.69, 9.17) is 11.6 Å². The summed E-state index contributed by atoms with van der Waals surface area (Å²) in [5, 5.41) is 2.76. The summed E-state index contributed by atoms with van der Waals surface area (Å²) in [6.45, 7) is 0.479. The highest BCUT2D eigenvalue weighted by molar-refractivity contribution is 9.11. The highest BCUT2D eigenvalue weighted by Gasteiger charge is 2.34. The molecule has 0 aromatic carbocycles. The maximum atomic E-state index is 12.0. The van der Waals surface area contributed by atoms with E-state index in [0.717, 1.165) is 15.6 Å². The first-order valence-electron chi connectivity index (χ1n) is 4.18. The van der Waals surface area contributed by atoms with Crippen molar-refractivity contribution in [3.8, 4) is 0 Å². The van der Waals surface area contributed by atoms with E-state index in [2.05, 4.69) is 21.2 Å². The highest BCUT2D eigenvalue weighted by Crippen LogP contribution is 2.36. The molecule has 16 heavy (non-hydrogen) atoms. The molecule has 1 saturated heterocycles. The maximum absolute atomic E-state index is 12.0. The molecule has 1 aliphatic heterocycles. The fourth-order valence-electron chi connectivity index (χ4n) is 1.25. The molecule has 0 spiro atoms. The predicted octanol–water partition coefficient (Wildman–Crippen LogP) is 1.88. The van der Waals surface area contributed by atoms with Gasteiger partial charge in [-0.05, 0) is 22.0 Å². The molecule has 1 fully saturated rings. The summed E-state index contributed by atoms with van der Waals surface area (Å²) in [6, 6.07) is 0.734. The number of amides is 2. The van der Waals surface area contributed by atoms with Gasteiger partial charge in [0, 0.05) is 6.54 Å². The van der Waals surface area contributed by atoms with Crippen LogP contribution in [-0.4, -0.2) is 31.8 Å². The van der Waals surface area contributed by atoms with E-state index in [0.29, 0.717) is 15.4 Å². The Labute approximate surface area is 110 Å². The summed E-state index contributed by atoms with van der Waals surface area (Å²) in [5.41, 5.74) is 0. The Bertz CT molecular complexity index is 522. The van der Waals surface area contributed by atoms with Crippen molar-refractivity contribution in [3.63, 3.8) is 0 Å². The maximum Gasteiger partial charge on any atom is 0.331 e. The molecule has 5 nitrogen and oxygen atoms in total. The average Bonchev–Trinajstić information content (AvgIpc) is 2.75. The Balaban J connectivity index is 2.42. The van der Waals surface area contributed by atoms with E-state index < -0.39 is 16.1 Å². The van der Waals surface area contributed by atoms with Crippen molar-refractivity contribution < 1.29 is 13.2 Å². The molecule has 0 aliphatic carbocycles. The number of sulfonamides is 1. The Morgan fingerprint density at radius 1 is 1.56 bits per heavy atom. The van der Waals surface area contributed by atoms with Gasteiger partial charge in [0.1, 0.15) is 4.21 Å². The lowest BCUT2D eigenvalue weighted by atomic mass is 10.7. The van der Waals surface area contributed by atoms with Crippen LogP contribution in [0.2, 0.25) is 5.02 Å². The molecule has 0 bridgehead atoms. The molecule has 88 valence electrons. The molecule has 9 heteroatoms. The number of carbonyl (C=O) groups excluding carboxylic acids is 1. The fourth-order valence-corrected chi connectivity index (χ4v) is 5.11. The fraction of sp³-hybridized carbons (Fsp3) is 0.286. The zero-order valence-electron chi connectivity index (χ0n) is 7.74. The standard InChI is InChI=1S/C7H6BrClN2O3S2/c8-6-4(9)3-5(15-6)16(13,14)11-2-1-10-7(11)12/h3H,1-2H2,(H,10,12). The van der Waals surface area contributed by atoms with Crippen molar-refractivity contribution in [2.75, 3.05) is 13.1 Å². The van der Waals surface area contributed by atoms with Crippen LogP contribution in [0.25, 0.3) is 0 Å². The van der Waals surface area contributed by atoms with E-state index in [-0.39, 0.29) is 10.8 Å². The second kappa shape index (κ2) is 4.17. The second-order valence-electron chi connectivity index (χ2n) is 3.00. The summed E-state index contributed by atoms with van der Waals surface area (Å²) < 4.78 is 25.4. The lowest BCUT2D eigenvalue weighted by molar-refractivity contribution is 0.236. The predicted molar refractivity (Wildman–Crippen MR) is 64.3 cm³/mol. The van der Waals surface area contributed by atoms with Crippen LogP contribution in [0.4, 0.5) is 4.79 Å². The molecule has 0 atom stereocenters. The van der Waals surface area contributed by atoms with Gasteiger partial charge in [0.15, 0.2) is 0 Å². The third kappa shape index (κ3) is 1.94. The van der Waals surface area contributed by atoms with Crippen LogP contribution in [0.15, 0.2) is 14.1 Å². The smallest absolute Gasteiger partial charge is 0.331 e. The molecule has 0 radical (unpaired) electrons. The third-order valence-corrected chi connectivity index (χ3v) is 6.69. The lowest BCUT2D eigenvalue weighted by Crippen LogP contribution is -2.33. The summed E-state index contributed by atoms with van der Waals surface area (Å²) in [4.78, 5) is 11.3. The molecule has 2 rings (SSSR count). The normalized spacial score (nSPS) is 16.6. The summed E-state index contributed by atoms with van der Waals surface area (Å²) >= 11 is 9.88. The number of hydrogen-bond donors (Lipinski definition) is 1. The molecular formula is C7H6BrClN2O3S2. The van der Waals surface area contributed by atoms with Crippen molar-refractivity contribution in [2.24, 2.45) is 0 Å². The van der Waals surface area contributed by atoms with Crippen molar-refractivity contribution >= 4 is 54.9 Å². The topological polar surface area (TPSA) is 66.5 Å². The molecule has 2 heterocycles. The van der Waals surface area contributed by atoms with Crippen LogP contribution < -0.4 is 5.32 Å². The van der Waals surface area contributed by atoms with Gasteiger partial charge in [0.2, 0.25) is 0 Å². The molecule has 1 aromatic heterocycles. The molecule has 1 aliphatic rings. The van der Waals surface area contributed by atoms with Crippen molar-refractivity contribution in [1.82, 2.24) is 9.62 Å².